The lowest BCUT2D eigenvalue weighted by Gasteiger charge is -2.07. The van der Waals surface area contributed by atoms with Gasteiger partial charge < -0.3 is 15.8 Å². The molecule has 1 aromatic carbocycles. The van der Waals surface area contributed by atoms with E-state index in [1.165, 1.54) is 6.07 Å². The van der Waals surface area contributed by atoms with Crippen molar-refractivity contribution >= 4 is 5.96 Å². The fourth-order valence-corrected chi connectivity index (χ4v) is 1.63. The summed E-state index contributed by atoms with van der Waals surface area (Å²) < 4.78 is 31.5. The molecule has 0 aliphatic heterocycles. The maximum Gasteiger partial charge on any atom is 0.188 e. The van der Waals surface area contributed by atoms with E-state index in [0.29, 0.717) is 44.2 Å². The summed E-state index contributed by atoms with van der Waals surface area (Å²) in [4.78, 5) is 4.10. The smallest absolute Gasteiger partial charge is 0.188 e. The van der Waals surface area contributed by atoms with Gasteiger partial charge in [-0.05, 0) is 43.5 Å². The number of aliphatic imine (C=N–C) groups is 1. The molecule has 0 spiro atoms. The Bertz CT molecular complexity index is 438. The normalized spacial score (nSPS) is 11.7. The Morgan fingerprint density at radius 3 is 2.95 bits per heavy atom. The summed E-state index contributed by atoms with van der Waals surface area (Å²) in [5.41, 5.74) is 5.97. The number of hydrogen-bond acceptors (Lipinski definition) is 2. The number of rotatable bonds is 8. The largest absolute Gasteiger partial charge is 0.382 e. The SMILES string of the molecule is CCOCCCN=C(N)NCCc1cc(F)ccc1F. The highest BCUT2D eigenvalue weighted by molar-refractivity contribution is 5.77. The van der Waals surface area contributed by atoms with Crippen LogP contribution in [-0.4, -0.2) is 32.3 Å². The van der Waals surface area contributed by atoms with E-state index in [1.54, 1.807) is 0 Å². The Morgan fingerprint density at radius 2 is 2.20 bits per heavy atom. The van der Waals surface area contributed by atoms with Gasteiger partial charge in [0.05, 0.1) is 0 Å². The second kappa shape index (κ2) is 9.25. The molecule has 20 heavy (non-hydrogen) atoms. The van der Waals surface area contributed by atoms with Gasteiger partial charge >= 0.3 is 0 Å². The van der Waals surface area contributed by atoms with Crippen LogP contribution in [0.15, 0.2) is 23.2 Å². The standard InChI is InChI=1S/C14H21F2N3O/c1-2-20-9-3-7-18-14(17)19-8-6-11-10-12(15)4-5-13(11)16/h4-5,10H,2-3,6-9H2,1H3,(H3,17,18,19). The van der Waals surface area contributed by atoms with E-state index in [9.17, 15) is 8.78 Å². The molecule has 0 unspecified atom stereocenters. The third kappa shape index (κ3) is 6.47. The van der Waals surface area contributed by atoms with Crippen LogP contribution >= 0.6 is 0 Å². The lowest BCUT2D eigenvalue weighted by Crippen LogP contribution is -2.33. The topological polar surface area (TPSA) is 59.6 Å². The number of hydrogen-bond donors (Lipinski definition) is 2. The minimum atomic E-state index is -0.445. The Kier molecular flexibility index (Phi) is 7.57. The molecule has 0 saturated heterocycles. The number of halogens is 2. The van der Waals surface area contributed by atoms with E-state index in [4.69, 9.17) is 10.5 Å². The van der Waals surface area contributed by atoms with Gasteiger partial charge in [0, 0.05) is 26.3 Å². The molecule has 1 aromatic rings. The number of guanidine groups is 1. The molecule has 0 aliphatic carbocycles. The minimum Gasteiger partial charge on any atom is -0.382 e. The van der Waals surface area contributed by atoms with E-state index in [2.05, 4.69) is 10.3 Å². The Labute approximate surface area is 118 Å². The average Bonchev–Trinajstić information content (AvgIpc) is 2.42. The van der Waals surface area contributed by atoms with Gasteiger partial charge in [0.1, 0.15) is 11.6 Å². The molecule has 0 aromatic heterocycles. The van der Waals surface area contributed by atoms with Gasteiger partial charge in [0.2, 0.25) is 0 Å². The van der Waals surface area contributed by atoms with Crippen molar-refractivity contribution in [2.45, 2.75) is 19.8 Å². The van der Waals surface area contributed by atoms with E-state index >= 15 is 0 Å². The summed E-state index contributed by atoms with van der Waals surface area (Å²) in [5, 5.41) is 2.87. The summed E-state index contributed by atoms with van der Waals surface area (Å²) >= 11 is 0. The van der Waals surface area contributed by atoms with Gasteiger partial charge in [-0.25, -0.2) is 8.78 Å². The number of nitrogens with two attached hydrogens (primary N) is 1. The average molecular weight is 285 g/mol. The van der Waals surface area contributed by atoms with Crippen LogP contribution in [0.25, 0.3) is 0 Å². The molecule has 0 amide bonds. The minimum absolute atomic E-state index is 0.304. The molecule has 112 valence electrons. The monoisotopic (exact) mass is 285 g/mol. The molecule has 1 rings (SSSR count). The first-order valence-corrected chi connectivity index (χ1v) is 6.69. The Hall–Kier alpha value is -1.69. The lowest BCUT2D eigenvalue weighted by molar-refractivity contribution is 0.146. The molecular formula is C14H21F2N3O. The molecule has 0 aliphatic rings. The van der Waals surface area contributed by atoms with Crippen molar-refractivity contribution in [2.75, 3.05) is 26.3 Å². The van der Waals surface area contributed by atoms with Crippen molar-refractivity contribution in [2.24, 2.45) is 10.7 Å². The quantitative estimate of drug-likeness (QED) is 0.435. The highest BCUT2D eigenvalue weighted by Gasteiger charge is 2.03. The fraction of sp³-hybridized carbons (Fsp3) is 0.500. The molecule has 0 fully saturated rings. The third-order valence-electron chi connectivity index (χ3n) is 2.64. The van der Waals surface area contributed by atoms with Crippen LogP contribution in [0.5, 0.6) is 0 Å². The second-order valence-electron chi connectivity index (χ2n) is 4.23. The van der Waals surface area contributed by atoms with Crippen LogP contribution in [0.2, 0.25) is 0 Å². The second-order valence-corrected chi connectivity index (χ2v) is 4.23. The summed E-state index contributed by atoms with van der Waals surface area (Å²) in [6.07, 6.45) is 1.15. The van der Waals surface area contributed by atoms with Gasteiger partial charge in [-0.15, -0.1) is 0 Å². The van der Waals surface area contributed by atoms with E-state index < -0.39 is 11.6 Å². The van der Waals surface area contributed by atoms with Crippen molar-refractivity contribution in [1.29, 1.82) is 0 Å². The van der Waals surface area contributed by atoms with Crippen molar-refractivity contribution in [3.63, 3.8) is 0 Å². The van der Waals surface area contributed by atoms with Crippen LogP contribution in [0.4, 0.5) is 8.78 Å². The fourth-order valence-electron chi connectivity index (χ4n) is 1.63. The molecule has 0 heterocycles. The van der Waals surface area contributed by atoms with Crippen molar-refractivity contribution in [3.05, 3.63) is 35.4 Å². The van der Waals surface area contributed by atoms with Gasteiger partial charge in [-0.2, -0.15) is 0 Å². The van der Waals surface area contributed by atoms with E-state index in [1.807, 2.05) is 6.92 Å². The van der Waals surface area contributed by atoms with E-state index in [-0.39, 0.29) is 0 Å². The van der Waals surface area contributed by atoms with Gasteiger partial charge in [-0.3, -0.25) is 4.99 Å². The summed E-state index contributed by atoms with van der Waals surface area (Å²) in [6.45, 7) is 4.26. The lowest BCUT2D eigenvalue weighted by atomic mass is 10.1. The molecule has 0 bridgehead atoms. The molecule has 0 radical (unpaired) electrons. The first kappa shape index (κ1) is 16.4. The molecule has 4 nitrogen and oxygen atoms in total. The third-order valence-corrected chi connectivity index (χ3v) is 2.64. The van der Waals surface area contributed by atoms with Crippen molar-refractivity contribution in [3.8, 4) is 0 Å². The maximum absolute atomic E-state index is 13.3. The summed E-state index contributed by atoms with van der Waals surface area (Å²) in [5.74, 6) is -0.558. The maximum atomic E-state index is 13.3. The number of nitrogens with one attached hydrogen (secondary N) is 1. The van der Waals surface area contributed by atoms with Crippen LogP contribution in [0, 0.1) is 11.6 Å². The number of nitrogens with zero attached hydrogens (tertiary/aromatic N) is 1. The van der Waals surface area contributed by atoms with Crippen molar-refractivity contribution in [1.82, 2.24) is 5.32 Å². The van der Waals surface area contributed by atoms with Gasteiger partial charge in [0.25, 0.3) is 0 Å². The number of ether oxygens (including phenoxy) is 1. The Morgan fingerprint density at radius 1 is 1.40 bits per heavy atom. The predicted octanol–water partition coefficient (Wildman–Crippen LogP) is 1.84. The summed E-state index contributed by atoms with van der Waals surface area (Å²) in [6, 6.07) is 3.41. The van der Waals surface area contributed by atoms with Crippen LogP contribution in [0.3, 0.4) is 0 Å². The van der Waals surface area contributed by atoms with Crippen LogP contribution in [-0.2, 0) is 11.2 Å². The van der Waals surface area contributed by atoms with Gasteiger partial charge in [-0.1, -0.05) is 0 Å². The molecule has 6 heteroatoms. The Balaban J connectivity index is 2.25. The van der Waals surface area contributed by atoms with Crippen LogP contribution in [0.1, 0.15) is 18.9 Å². The first-order chi connectivity index (χ1) is 9.63. The van der Waals surface area contributed by atoms with E-state index in [0.717, 1.165) is 18.6 Å². The molecule has 0 atom stereocenters. The highest BCUT2D eigenvalue weighted by atomic mass is 19.1. The summed E-state index contributed by atoms with van der Waals surface area (Å²) in [7, 11) is 0. The molecular weight excluding hydrogens is 264 g/mol. The van der Waals surface area contributed by atoms with Crippen LogP contribution < -0.4 is 11.1 Å². The predicted molar refractivity (Wildman–Crippen MR) is 75.7 cm³/mol. The molecule has 0 saturated carbocycles. The van der Waals surface area contributed by atoms with Gasteiger partial charge in [0.15, 0.2) is 5.96 Å². The molecule has 3 N–H and O–H groups in total. The number of benzene rings is 1. The first-order valence-electron chi connectivity index (χ1n) is 6.69. The van der Waals surface area contributed by atoms with Crippen molar-refractivity contribution < 1.29 is 13.5 Å². The zero-order valence-electron chi connectivity index (χ0n) is 11.7. The highest BCUT2D eigenvalue weighted by Crippen LogP contribution is 2.09. The zero-order chi connectivity index (χ0) is 14.8. The zero-order valence-corrected chi connectivity index (χ0v) is 11.7.